The number of hydrogen-bond donors (Lipinski definition) is 3. The second kappa shape index (κ2) is 6.12. The third-order valence-electron chi connectivity index (χ3n) is 2.37. The molecule has 3 N–H and O–H groups in total. The molecule has 1 unspecified atom stereocenters. The van der Waals surface area contributed by atoms with Gasteiger partial charge in [0, 0.05) is 12.6 Å². The molecule has 0 saturated heterocycles. The van der Waals surface area contributed by atoms with Gasteiger partial charge in [-0.1, -0.05) is 12.1 Å². The lowest BCUT2D eigenvalue weighted by molar-refractivity contribution is -0.120. The Morgan fingerprint density at radius 3 is 2.88 bits per heavy atom. The molecule has 0 bridgehead atoms. The van der Waals surface area contributed by atoms with E-state index < -0.39 is 0 Å². The summed E-state index contributed by atoms with van der Waals surface area (Å²) < 4.78 is 0. The summed E-state index contributed by atoms with van der Waals surface area (Å²) in [6.07, 6.45) is 0.296. The molecular formula is C12H18N2O2. The Kier molecular flexibility index (Phi) is 4.79. The van der Waals surface area contributed by atoms with E-state index in [4.69, 9.17) is 0 Å². The van der Waals surface area contributed by atoms with Crippen molar-refractivity contribution >= 4 is 5.91 Å². The summed E-state index contributed by atoms with van der Waals surface area (Å²) >= 11 is 0. The lowest BCUT2D eigenvalue weighted by Gasteiger charge is -2.11. The van der Waals surface area contributed by atoms with Crippen LogP contribution in [0.25, 0.3) is 0 Å². The number of likely N-dealkylation sites (N-methyl/N-ethyl adjacent to an activating group) is 1. The predicted octanol–water partition coefficient (Wildman–Crippen LogP) is 0.659. The van der Waals surface area contributed by atoms with Crippen LogP contribution in [-0.4, -0.2) is 30.6 Å². The summed E-state index contributed by atoms with van der Waals surface area (Å²) in [6.45, 7) is 2.60. The number of phenols is 1. The molecule has 0 spiro atoms. The van der Waals surface area contributed by atoms with E-state index in [2.05, 4.69) is 10.6 Å². The van der Waals surface area contributed by atoms with Gasteiger partial charge in [-0.15, -0.1) is 0 Å². The summed E-state index contributed by atoms with van der Waals surface area (Å²) in [5.41, 5.74) is 0.814. The van der Waals surface area contributed by atoms with E-state index in [-0.39, 0.29) is 17.7 Å². The number of rotatable bonds is 5. The second-order valence-electron chi connectivity index (χ2n) is 3.84. The molecule has 0 aliphatic heterocycles. The number of carbonyl (C=O) groups is 1. The first-order valence-corrected chi connectivity index (χ1v) is 5.33. The van der Waals surface area contributed by atoms with Crippen molar-refractivity contribution in [1.82, 2.24) is 10.6 Å². The molecule has 4 heteroatoms. The van der Waals surface area contributed by atoms with Crippen LogP contribution in [0.1, 0.15) is 12.5 Å². The van der Waals surface area contributed by atoms with Crippen LogP contribution in [0.4, 0.5) is 0 Å². The van der Waals surface area contributed by atoms with E-state index in [1.165, 1.54) is 0 Å². The molecule has 0 saturated carbocycles. The zero-order chi connectivity index (χ0) is 12.0. The highest BCUT2D eigenvalue weighted by atomic mass is 16.3. The fourth-order valence-corrected chi connectivity index (χ4v) is 1.28. The molecule has 1 rings (SSSR count). The van der Waals surface area contributed by atoms with Crippen LogP contribution in [0, 0.1) is 0 Å². The van der Waals surface area contributed by atoms with Gasteiger partial charge in [0.1, 0.15) is 5.75 Å². The number of aromatic hydroxyl groups is 1. The molecule has 88 valence electrons. The molecule has 16 heavy (non-hydrogen) atoms. The lowest BCUT2D eigenvalue weighted by atomic mass is 10.1. The van der Waals surface area contributed by atoms with Crippen LogP contribution in [0.5, 0.6) is 5.75 Å². The molecular weight excluding hydrogens is 204 g/mol. The molecule has 0 aromatic heterocycles. The fourth-order valence-electron chi connectivity index (χ4n) is 1.28. The topological polar surface area (TPSA) is 61.4 Å². The summed E-state index contributed by atoms with van der Waals surface area (Å²) in [6, 6.07) is 6.99. The van der Waals surface area contributed by atoms with Gasteiger partial charge in [0.15, 0.2) is 0 Å². The third kappa shape index (κ3) is 4.31. The standard InChI is InChI=1S/C12H18N2O2/c1-9(13-2)8-14-12(16)7-10-4-3-5-11(15)6-10/h3-6,9,13,15H,7-8H2,1-2H3,(H,14,16). The van der Waals surface area contributed by atoms with E-state index in [9.17, 15) is 9.90 Å². The minimum absolute atomic E-state index is 0.0345. The predicted molar refractivity (Wildman–Crippen MR) is 63.3 cm³/mol. The molecule has 0 radical (unpaired) electrons. The molecule has 0 heterocycles. The summed E-state index contributed by atoms with van der Waals surface area (Å²) in [5.74, 6) is 0.154. The van der Waals surface area contributed by atoms with Crippen molar-refractivity contribution in [3.8, 4) is 5.75 Å². The van der Waals surface area contributed by atoms with Gasteiger partial charge in [-0.3, -0.25) is 4.79 Å². The fraction of sp³-hybridized carbons (Fsp3) is 0.417. The molecule has 1 aromatic carbocycles. The average molecular weight is 222 g/mol. The Hall–Kier alpha value is -1.55. The maximum atomic E-state index is 11.5. The van der Waals surface area contributed by atoms with Crippen LogP contribution in [0.15, 0.2) is 24.3 Å². The number of nitrogens with one attached hydrogen (secondary N) is 2. The second-order valence-corrected chi connectivity index (χ2v) is 3.84. The van der Waals surface area contributed by atoms with E-state index in [1.807, 2.05) is 20.0 Å². The Labute approximate surface area is 95.7 Å². The molecule has 1 aromatic rings. The molecule has 0 fully saturated rings. The normalized spacial score (nSPS) is 12.1. The zero-order valence-corrected chi connectivity index (χ0v) is 9.66. The van der Waals surface area contributed by atoms with Crippen molar-refractivity contribution in [2.45, 2.75) is 19.4 Å². The smallest absolute Gasteiger partial charge is 0.224 e. The Morgan fingerprint density at radius 2 is 2.25 bits per heavy atom. The van der Waals surface area contributed by atoms with Gasteiger partial charge in [-0.25, -0.2) is 0 Å². The Balaban J connectivity index is 2.40. The third-order valence-corrected chi connectivity index (χ3v) is 2.37. The number of carbonyl (C=O) groups excluding carboxylic acids is 1. The maximum Gasteiger partial charge on any atom is 0.224 e. The average Bonchev–Trinajstić information content (AvgIpc) is 2.26. The molecule has 0 aliphatic rings. The van der Waals surface area contributed by atoms with Gasteiger partial charge in [0.05, 0.1) is 6.42 Å². The highest BCUT2D eigenvalue weighted by Crippen LogP contribution is 2.10. The van der Waals surface area contributed by atoms with Crippen LogP contribution >= 0.6 is 0 Å². The molecule has 1 amide bonds. The SMILES string of the molecule is CNC(C)CNC(=O)Cc1cccc(O)c1. The minimum Gasteiger partial charge on any atom is -0.508 e. The van der Waals surface area contributed by atoms with Gasteiger partial charge in [0.25, 0.3) is 0 Å². The molecule has 0 aliphatic carbocycles. The van der Waals surface area contributed by atoms with Crippen molar-refractivity contribution in [2.24, 2.45) is 0 Å². The van der Waals surface area contributed by atoms with Gasteiger partial charge in [-0.2, -0.15) is 0 Å². The van der Waals surface area contributed by atoms with Crippen molar-refractivity contribution in [3.05, 3.63) is 29.8 Å². The number of amides is 1. The number of benzene rings is 1. The lowest BCUT2D eigenvalue weighted by Crippen LogP contribution is -2.37. The Morgan fingerprint density at radius 1 is 1.50 bits per heavy atom. The van der Waals surface area contributed by atoms with Crippen LogP contribution in [0.2, 0.25) is 0 Å². The first kappa shape index (κ1) is 12.5. The van der Waals surface area contributed by atoms with Gasteiger partial charge >= 0.3 is 0 Å². The van der Waals surface area contributed by atoms with Gasteiger partial charge in [-0.05, 0) is 31.7 Å². The molecule has 1 atom stereocenters. The maximum absolute atomic E-state index is 11.5. The van der Waals surface area contributed by atoms with Crippen LogP contribution in [0.3, 0.4) is 0 Å². The van der Waals surface area contributed by atoms with E-state index in [1.54, 1.807) is 18.2 Å². The largest absolute Gasteiger partial charge is 0.508 e. The highest BCUT2D eigenvalue weighted by molar-refractivity contribution is 5.78. The quantitative estimate of drug-likeness (QED) is 0.686. The number of hydrogen-bond acceptors (Lipinski definition) is 3. The van der Waals surface area contributed by atoms with Gasteiger partial charge in [0.2, 0.25) is 5.91 Å². The number of phenolic OH excluding ortho intramolecular Hbond substituents is 1. The van der Waals surface area contributed by atoms with Crippen LogP contribution < -0.4 is 10.6 Å². The van der Waals surface area contributed by atoms with Crippen molar-refractivity contribution in [1.29, 1.82) is 0 Å². The minimum atomic E-state index is -0.0345. The van der Waals surface area contributed by atoms with Gasteiger partial charge < -0.3 is 15.7 Å². The first-order valence-electron chi connectivity index (χ1n) is 5.33. The van der Waals surface area contributed by atoms with Crippen LogP contribution in [-0.2, 0) is 11.2 Å². The summed E-state index contributed by atoms with van der Waals surface area (Å²) in [4.78, 5) is 11.5. The van der Waals surface area contributed by atoms with Crippen molar-refractivity contribution in [3.63, 3.8) is 0 Å². The Bertz CT molecular complexity index is 353. The highest BCUT2D eigenvalue weighted by Gasteiger charge is 2.05. The summed E-state index contributed by atoms with van der Waals surface area (Å²) in [7, 11) is 1.85. The summed E-state index contributed by atoms with van der Waals surface area (Å²) in [5, 5.41) is 15.1. The van der Waals surface area contributed by atoms with E-state index in [0.717, 1.165) is 5.56 Å². The van der Waals surface area contributed by atoms with E-state index >= 15 is 0 Å². The van der Waals surface area contributed by atoms with Crippen molar-refractivity contribution in [2.75, 3.05) is 13.6 Å². The monoisotopic (exact) mass is 222 g/mol. The van der Waals surface area contributed by atoms with Crippen molar-refractivity contribution < 1.29 is 9.90 Å². The first-order chi connectivity index (χ1) is 7.61. The van der Waals surface area contributed by atoms with E-state index in [0.29, 0.717) is 13.0 Å². The zero-order valence-electron chi connectivity index (χ0n) is 9.66. The molecule has 4 nitrogen and oxygen atoms in total.